The Kier molecular flexibility index (Phi) is 5.40. The van der Waals surface area contributed by atoms with Crippen LogP contribution in [-0.2, 0) is 11.3 Å². The molecular formula is C24H26N2O5. The van der Waals surface area contributed by atoms with Crippen LogP contribution in [-0.4, -0.2) is 35.1 Å². The van der Waals surface area contributed by atoms with Gasteiger partial charge in [0.05, 0.1) is 24.8 Å². The van der Waals surface area contributed by atoms with E-state index < -0.39 is 0 Å². The van der Waals surface area contributed by atoms with Gasteiger partial charge in [-0.25, -0.2) is 4.79 Å². The van der Waals surface area contributed by atoms with Gasteiger partial charge >= 0.3 is 5.76 Å². The number of oxazole rings is 1. The Bertz CT molecular complexity index is 1150. The van der Waals surface area contributed by atoms with E-state index in [9.17, 15) is 9.59 Å². The largest absolute Gasteiger partial charge is 0.490 e. The summed E-state index contributed by atoms with van der Waals surface area (Å²) < 4.78 is 18.4. The van der Waals surface area contributed by atoms with Crippen LogP contribution in [0.3, 0.4) is 0 Å². The molecule has 0 bridgehead atoms. The van der Waals surface area contributed by atoms with Crippen molar-refractivity contribution in [2.45, 2.75) is 44.7 Å². The molecule has 0 radical (unpaired) electrons. The summed E-state index contributed by atoms with van der Waals surface area (Å²) in [7, 11) is 0. The van der Waals surface area contributed by atoms with Crippen LogP contribution in [0.15, 0.2) is 51.7 Å². The number of benzene rings is 2. The number of fused-ring (bicyclic) bond motifs is 2. The van der Waals surface area contributed by atoms with Gasteiger partial charge in [0, 0.05) is 25.9 Å². The van der Waals surface area contributed by atoms with Crippen molar-refractivity contribution in [1.82, 2.24) is 9.47 Å². The number of aromatic nitrogens is 1. The average Bonchev–Trinajstić information content (AvgIpc) is 3.31. The molecule has 2 aliphatic heterocycles. The number of carbonyl (C=O) groups excluding carboxylic acids is 1. The first kappa shape index (κ1) is 19.7. The van der Waals surface area contributed by atoms with Gasteiger partial charge in [0.15, 0.2) is 17.1 Å². The number of para-hydroxylation sites is 2. The van der Waals surface area contributed by atoms with Gasteiger partial charge in [-0.15, -0.1) is 0 Å². The highest BCUT2D eigenvalue weighted by atomic mass is 16.5. The predicted octanol–water partition coefficient (Wildman–Crippen LogP) is 3.90. The average molecular weight is 422 g/mol. The van der Waals surface area contributed by atoms with E-state index in [1.165, 1.54) is 0 Å². The number of nitrogens with zero attached hydrogens (tertiary/aromatic N) is 2. The Hall–Kier alpha value is -3.22. The van der Waals surface area contributed by atoms with Crippen LogP contribution in [0.4, 0.5) is 0 Å². The van der Waals surface area contributed by atoms with Crippen molar-refractivity contribution >= 4 is 17.0 Å². The Labute approximate surface area is 180 Å². The number of rotatable bonds is 5. The van der Waals surface area contributed by atoms with Gasteiger partial charge in [0.2, 0.25) is 5.91 Å². The molecule has 0 unspecified atom stereocenters. The quantitative estimate of drug-likeness (QED) is 0.624. The zero-order chi connectivity index (χ0) is 21.2. The molecule has 7 nitrogen and oxygen atoms in total. The molecule has 162 valence electrons. The fourth-order valence-electron chi connectivity index (χ4n) is 4.56. The van der Waals surface area contributed by atoms with Crippen molar-refractivity contribution < 1.29 is 18.7 Å². The molecule has 1 fully saturated rings. The molecule has 0 saturated carbocycles. The van der Waals surface area contributed by atoms with Gasteiger partial charge in [-0.05, 0) is 49.1 Å². The molecule has 1 atom stereocenters. The number of carbonyl (C=O) groups is 1. The zero-order valence-electron chi connectivity index (χ0n) is 17.4. The van der Waals surface area contributed by atoms with Gasteiger partial charge in [-0.2, -0.15) is 0 Å². The van der Waals surface area contributed by atoms with E-state index >= 15 is 0 Å². The van der Waals surface area contributed by atoms with E-state index in [2.05, 4.69) is 0 Å². The Morgan fingerprint density at radius 3 is 2.77 bits per heavy atom. The fourth-order valence-corrected chi connectivity index (χ4v) is 4.56. The third-order valence-corrected chi connectivity index (χ3v) is 6.08. The first-order valence-electron chi connectivity index (χ1n) is 11.0. The highest BCUT2D eigenvalue weighted by Crippen LogP contribution is 2.38. The molecular weight excluding hydrogens is 396 g/mol. The second-order valence-corrected chi connectivity index (χ2v) is 8.09. The SMILES string of the molecule is O=C(CCCn1c(=O)oc2ccccc21)N1CCC[C@H]1c1ccc2c(c1)OCCCO2. The van der Waals surface area contributed by atoms with Crippen molar-refractivity contribution in [2.24, 2.45) is 0 Å². The normalized spacial score (nSPS) is 18.3. The van der Waals surface area contributed by atoms with E-state index in [1.54, 1.807) is 10.6 Å². The third-order valence-electron chi connectivity index (χ3n) is 6.08. The second kappa shape index (κ2) is 8.49. The molecule has 1 amide bonds. The lowest BCUT2D eigenvalue weighted by molar-refractivity contribution is -0.132. The number of hydrogen-bond acceptors (Lipinski definition) is 5. The molecule has 1 saturated heterocycles. The standard InChI is InChI=1S/C24H26N2O5/c27-23(9-4-13-26-19-6-1-2-8-20(19)31-24(26)28)25-12-3-7-18(25)17-10-11-21-22(16-17)30-15-5-14-29-21/h1-2,6,8,10-11,16,18H,3-5,7,9,12-15H2/t18-/m0/s1. The minimum absolute atomic E-state index is 0.0575. The predicted molar refractivity (Wildman–Crippen MR) is 115 cm³/mol. The first-order chi connectivity index (χ1) is 15.2. The Morgan fingerprint density at radius 2 is 1.87 bits per heavy atom. The van der Waals surface area contributed by atoms with Crippen LogP contribution in [0.5, 0.6) is 11.5 Å². The number of hydrogen-bond donors (Lipinski definition) is 0. The summed E-state index contributed by atoms with van der Waals surface area (Å²) in [4.78, 5) is 27.1. The summed E-state index contributed by atoms with van der Waals surface area (Å²) in [6, 6.07) is 13.4. The molecule has 0 N–H and O–H groups in total. The van der Waals surface area contributed by atoms with Gasteiger partial charge in [0.25, 0.3) is 0 Å². The molecule has 1 aromatic heterocycles. The lowest BCUT2D eigenvalue weighted by Crippen LogP contribution is -2.30. The van der Waals surface area contributed by atoms with Gasteiger partial charge < -0.3 is 18.8 Å². The molecule has 0 aliphatic carbocycles. The van der Waals surface area contributed by atoms with Crippen LogP contribution >= 0.6 is 0 Å². The van der Waals surface area contributed by atoms with Crippen molar-refractivity contribution in [2.75, 3.05) is 19.8 Å². The molecule has 7 heteroatoms. The van der Waals surface area contributed by atoms with E-state index in [1.807, 2.05) is 41.3 Å². The number of amides is 1. The fraction of sp³-hybridized carbons (Fsp3) is 0.417. The smallest absolute Gasteiger partial charge is 0.419 e. The molecule has 5 rings (SSSR count). The van der Waals surface area contributed by atoms with Crippen LogP contribution in [0, 0.1) is 0 Å². The maximum absolute atomic E-state index is 13.0. The summed E-state index contributed by atoms with van der Waals surface area (Å²) >= 11 is 0. The molecule has 2 aliphatic rings. The van der Waals surface area contributed by atoms with Crippen molar-refractivity contribution in [3.8, 4) is 11.5 Å². The summed E-state index contributed by atoms with van der Waals surface area (Å²) in [6.07, 6.45) is 3.78. The summed E-state index contributed by atoms with van der Waals surface area (Å²) in [6.45, 7) is 2.53. The first-order valence-corrected chi connectivity index (χ1v) is 11.0. The lowest BCUT2D eigenvalue weighted by atomic mass is 10.0. The van der Waals surface area contributed by atoms with Gasteiger partial charge in [-0.3, -0.25) is 9.36 Å². The van der Waals surface area contributed by atoms with E-state index in [0.717, 1.165) is 48.4 Å². The maximum Gasteiger partial charge on any atom is 0.419 e. The van der Waals surface area contributed by atoms with E-state index in [-0.39, 0.29) is 17.7 Å². The molecule has 0 spiro atoms. The Morgan fingerprint density at radius 1 is 1.03 bits per heavy atom. The summed E-state index contributed by atoms with van der Waals surface area (Å²) in [5.74, 6) is 1.28. The molecule has 3 heterocycles. The van der Waals surface area contributed by atoms with Crippen LogP contribution in [0.1, 0.15) is 43.7 Å². The number of likely N-dealkylation sites (tertiary alicyclic amines) is 1. The molecule has 31 heavy (non-hydrogen) atoms. The second-order valence-electron chi connectivity index (χ2n) is 8.09. The topological polar surface area (TPSA) is 73.9 Å². The zero-order valence-corrected chi connectivity index (χ0v) is 17.4. The van der Waals surface area contributed by atoms with E-state index in [4.69, 9.17) is 13.9 Å². The van der Waals surface area contributed by atoms with Crippen LogP contribution in [0.25, 0.3) is 11.1 Å². The lowest BCUT2D eigenvalue weighted by Gasteiger charge is -2.26. The van der Waals surface area contributed by atoms with Gasteiger partial charge in [-0.1, -0.05) is 18.2 Å². The monoisotopic (exact) mass is 422 g/mol. The summed E-state index contributed by atoms with van der Waals surface area (Å²) in [5.41, 5.74) is 2.44. The minimum atomic E-state index is -0.375. The third kappa shape index (κ3) is 3.92. The van der Waals surface area contributed by atoms with Crippen molar-refractivity contribution in [1.29, 1.82) is 0 Å². The van der Waals surface area contributed by atoms with Crippen LogP contribution in [0.2, 0.25) is 0 Å². The van der Waals surface area contributed by atoms with Crippen LogP contribution < -0.4 is 15.2 Å². The van der Waals surface area contributed by atoms with Gasteiger partial charge in [0.1, 0.15) is 0 Å². The number of ether oxygens (including phenoxy) is 2. The highest BCUT2D eigenvalue weighted by Gasteiger charge is 2.30. The minimum Gasteiger partial charge on any atom is -0.490 e. The summed E-state index contributed by atoms with van der Waals surface area (Å²) in [5, 5.41) is 0. The maximum atomic E-state index is 13.0. The highest BCUT2D eigenvalue weighted by molar-refractivity contribution is 5.77. The van der Waals surface area contributed by atoms with Crippen molar-refractivity contribution in [3.63, 3.8) is 0 Å². The molecule has 3 aromatic rings. The molecule has 2 aromatic carbocycles. The van der Waals surface area contributed by atoms with Crippen molar-refractivity contribution in [3.05, 3.63) is 58.6 Å². The van der Waals surface area contributed by atoms with E-state index in [0.29, 0.717) is 38.2 Å². The Balaban J connectivity index is 1.25. The number of aryl methyl sites for hydroxylation is 1.